The zero-order valence-electron chi connectivity index (χ0n) is 9.22. The summed E-state index contributed by atoms with van der Waals surface area (Å²) in [5, 5.41) is 3.48. The van der Waals surface area contributed by atoms with Gasteiger partial charge < -0.3 is 5.32 Å². The normalized spacial score (nSPS) is 27.3. The number of hydrogen-bond donors (Lipinski definition) is 1. The Hall–Kier alpha value is -0.890. The monoisotopic (exact) mass is 207 g/mol. The lowest BCUT2D eigenvalue weighted by Gasteiger charge is -2.30. The zero-order valence-corrected chi connectivity index (χ0v) is 9.22. The molecule has 1 nitrogen and oxygen atoms in total. The summed E-state index contributed by atoms with van der Waals surface area (Å²) in [6, 6.07) is 7.11. The molecular formula is C13H18FN. The zero-order chi connectivity index (χ0) is 10.7. The van der Waals surface area contributed by atoms with E-state index in [-0.39, 0.29) is 11.4 Å². The van der Waals surface area contributed by atoms with Crippen LogP contribution in [-0.2, 0) is 5.54 Å². The summed E-state index contributed by atoms with van der Waals surface area (Å²) in [4.78, 5) is 0. The molecule has 0 spiro atoms. The van der Waals surface area contributed by atoms with Gasteiger partial charge in [-0.3, -0.25) is 0 Å². The van der Waals surface area contributed by atoms with E-state index in [1.165, 1.54) is 19.3 Å². The molecule has 1 unspecified atom stereocenters. The van der Waals surface area contributed by atoms with Gasteiger partial charge in [-0.15, -0.1) is 0 Å². The Kier molecular flexibility index (Phi) is 3.06. The molecule has 0 amide bonds. The Morgan fingerprint density at radius 2 is 2.00 bits per heavy atom. The predicted octanol–water partition coefficient (Wildman–Crippen LogP) is 3.20. The van der Waals surface area contributed by atoms with Crippen LogP contribution in [0.3, 0.4) is 0 Å². The van der Waals surface area contributed by atoms with Crippen molar-refractivity contribution in [3.05, 3.63) is 35.6 Å². The van der Waals surface area contributed by atoms with Crippen LogP contribution in [0.15, 0.2) is 24.3 Å². The van der Waals surface area contributed by atoms with Crippen molar-refractivity contribution in [1.29, 1.82) is 0 Å². The molecule has 1 N–H and O–H groups in total. The minimum atomic E-state index is -0.179. The van der Waals surface area contributed by atoms with Crippen LogP contribution in [0.1, 0.15) is 38.2 Å². The summed E-state index contributed by atoms with van der Waals surface area (Å²) in [7, 11) is 0. The van der Waals surface area contributed by atoms with Gasteiger partial charge in [-0.25, -0.2) is 4.39 Å². The molecule has 1 aromatic rings. The van der Waals surface area contributed by atoms with E-state index in [1.807, 2.05) is 12.1 Å². The average molecular weight is 207 g/mol. The number of nitrogens with one attached hydrogen (secondary N) is 1. The van der Waals surface area contributed by atoms with E-state index in [0.29, 0.717) is 0 Å². The van der Waals surface area contributed by atoms with E-state index < -0.39 is 0 Å². The highest BCUT2D eigenvalue weighted by Crippen LogP contribution is 2.30. The third kappa shape index (κ3) is 2.20. The van der Waals surface area contributed by atoms with E-state index in [0.717, 1.165) is 18.5 Å². The van der Waals surface area contributed by atoms with Crippen LogP contribution in [0.4, 0.5) is 4.39 Å². The second-order valence-corrected chi connectivity index (χ2v) is 4.55. The third-order valence-electron chi connectivity index (χ3n) is 3.34. The molecule has 2 heteroatoms. The van der Waals surface area contributed by atoms with E-state index in [9.17, 15) is 4.39 Å². The molecule has 0 aliphatic carbocycles. The maximum absolute atomic E-state index is 13.7. The van der Waals surface area contributed by atoms with E-state index >= 15 is 0 Å². The van der Waals surface area contributed by atoms with Gasteiger partial charge in [0.25, 0.3) is 0 Å². The van der Waals surface area contributed by atoms with Crippen LogP contribution < -0.4 is 5.32 Å². The van der Waals surface area contributed by atoms with Crippen molar-refractivity contribution in [2.75, 3.05) is 6.54 Å². The second-order valence-electron chi connectivity index (χ2n) is 4.55. The van der Waals surface area contributed by atoms with Crippen molar-refractivity contribution in [2.45, 2.75) is 38.1 Å². The van der Waals surface area contributed by atoms with Crippen LogP contribution in [0, 0.1) is 5.82 Å². The predicted molar refractivity (Wildman–Crippen MR) is 60.2 cm³/mol. The molecule has 0 saturated carbocycles. The topological polar surface area (TPSA) is 12.0 Å². The van der Waals surface area contributed by atoms with Crippen LogP contribution in [-0.4, -0.2) is 6.54 Å². The fourth-order valence-electron chi connectivity index (χ4n) is 2.37. The lowest BCUT2D eigenvalue weighted by molar-refractivity contribution is 0.345. The summed E-state index contributed by atoms with van der Waals surface area (Å²) in [5.74, 6) is -0.0885. The molecule has 0 aromatic heterocycles. The summed E-state index contributed by atoms with van der Waals surface area (Å²) < 4.78 is 13.7. The maximum Gasteiger partial charge on any atom is 0.128 e. The van der Waals surface area contributed by atoms with Gasteiger partial charge in [0, 0.05) is 11.1 Å². The summed E-state index contributed by atoms with van der Waals surface area (Å²) in [5.41, 5.74) is 0.633. The van der Waals surface area contributed by atoms with Crippen molar-refractivity contribution in [3.63, 3.8) is 0 Å². The summed E-state index contributed by atoms with van der Waals surface area (Å²) >= 11 is 0. The first-order chi connectivity index (χ1) is 7.22. The molecular weight excluding hydrogens is 189 g/mol. The minimum Gasteiger partial charge on any atom is -0.308 e. The van der Waals surface area contributed by atoms with Gasteiger partial charge in [-0.2, -0.15) is 0 Å². The van der Waals surface area contributed by atoms with Gasteiger partial charge in [0.15, 0.2) is 0 Å². The van der Waals surface area contributed by atoms with Gasteiger partial charge in [-0.1, -0.05) is 31.0 Å². The molecule has 15 heavy (non-hydrogen) atoms. The van der Waals surface area contributed by atoms with E-state index in [2.05, 4.69) is 12.2 Å². The SMILES string of the molecule is CC1(c2ccccc2F)CCCCCN1. The molecule has 2 rings (SSSR count). The van der Waals surface area contributed by atoms with Crippen LogP contribution in [0.25, 0.3) is 0 Å². The molecule has 0 bridgehead atoms. The third-order valence-corrected chi connectivity index (χ3v) is 3.34. The van der Waals surface area contributed by atoms with Crippen molar-refractivity contribution >= 4 is 0 Å². The highest BCUT2D eigenvalue weighted by Gasteiger charge is 2.29. The molecule has 1 heterocycles. The van der Waals surface area contributed by atoms with Gasteiger partial charge in [0.05, 0.1) is 0 Å². The van der Waals surface area contributed by atoms with Gasteiger partial charge in [0.2, 0.25) is 0 Å². The van der Waals surface area contributed by atoms with E-state index in [1.54, 1.807) is 12.1 Å². The van der Waals surface area contributed by atoms with Crippen molar-refractivity contribution < 1.29 is 4.39 Å². The molecule has 82 valence electrons. The first-order valence-electron chi connectivity index (χ1n) is 5.72. The van der Waals surface area contributed by atoms with Crippen LogP contribution in [0.5, 0.6) is 0 Å². The van der Waals surface area contributed by atoms with Crippen molar-refractivity contribution in [2.24, 2.45) is 0 Å². The van der Waals surface area contributed by atoms with Crippen LogP contribution >= 0.6 is 0 Å². The molecule has 1 aliphatic rings. The largest absolute Gasteiger partial charge is 0.308 e. The van der Waals surface area contributed by atoms with Crippen molar-refractivity contribution in [3.8, 4) is 0 Å². The minimum absolute atomic E-state index is 0.0885. The van der Waals surface area contributed by atoms with E-state index in [4.69, 9.17) is 0 Å². The molecule has 1 aliphatic heterocycles. The highest BCUT2D eigenvalue weighted by molar-refractivity contribution is 5.25. The lowest BCUT2D eigenvalue weighted by Crippen LogP contribution is -2.39. The second kappa shape index (κ2) is 4.31. The van der Waals surface area contributed by atoms with Gasteiger partial charge in [-0.05, 0) is 32.4 Å². The Bertz CT molecular complexity index is 327. The first-order valence-corrected chi connectivity index (χ1v) is 5.72. The Balaban J connectivity index is 2.30. The summed E-state index contributed by atoms with van der Waals surface area (Å²) in [6.45, 7) is 3.10. The fraction of sp³-hybridized carbons (Fsp3) is 0.538. The Morgan fingerprint density at radius 3 is 2.80 bits per heavy atom. The molecule has 0 radical (unpaired) electrons. The van der Waals surface area contributed by atoms with Gasteiger partial charge in [0.1, 0.15) is 5.82 Å². The number of rotatable bonds is 1. The molecule has 1 fully saturated rings. The quantitative estimate of drug-likeness (QED) is 0.745. The van der Waals surface area contributed by atoms with Crippen LogP contribution in [0.2, 0.25) is 0 Å². The maximum atomic E-state index is 13.7. The average Bonchev–Trinajstić information content (AvgIpc) is 2.44. The highest BCUT2D eigenvalue weighted by atomic mass is 19.1. The molecule has 1 aromatic carbocycles. The smallest absolute Gasteiger partial charge is 0.128 e. The first kappa shape index (κ1) is 10.6. The number of hydrogen-bond acceptors (Lipinski definition) is 1. The molecule has 1 atom stereocenters. The number of benzene rings is 1. The fourth-order valence-corrected chi connectivity index (χ4v) is 2.37. The number of halogens is 1. The standard InChI is InChI=1S/C13H18FN/c1-13(9-5-2-6-10-15-13)11-7-3-4-8-12(11)14/h3-4,7-8,15H,2,5-6,9-10H2,1H3. The van der Waals surface area contributed by atoms with Crippen molar-refractivity contribution in [1.82, 2.24) is 5.32 Å². The lowest BCUT2D eigenvalue weighted by atomic mass is 9.87. The Labute approximate surface area is 90.7 Å². The summed E-state index contributed by atoms with van der Waals surface area (Å²) in [6.07, 6.45) is 4.65. The molecule has 1 saturated heterocycles. The van der Waals surface area contributed by atoms with Gasteiger partial charge >= 0.3 is 0 Å². The Morgan fingerprint density at radius 1 is 1.20 bits per heavy atom.